The molecular weight excluding hydrogens is 440 g/mol. The number of esters is 1. The van der Waals surface area contributed by atoms with Gasteiger partial charge in [-0.3, -0.25) is 4.79 Å². The summed E-state index contributed by atoms with van der Waals surface area (Å²) in [5.74, 6) is -0.197. The monoisotopic (exact) mass is 458 g/mol. The average Bonchev–Trinajstić information content (AvgIpc) is 3.02. The van der Waals surface area contributed by atoms with Crippen LogP contribution in [0.3, 0.4) is 0 Å². The number of carbonyl (C=O) groups excluding carboxylic acids is 2. The van der Waals surface area contributed by atoms with Crippen molar-refractivity contribution in [3.63, 3.8) is 0 Å². The molecule has 0 amide bonds. The lowest BCUT2D eigenvalue weighted by Gasteiger charge is -2.13. The maximum absolute atomic E-state index is 12.5. The summed E-state index contributed by atoms with van der Waals surface area (Å²) in [6, 6.07) is 6.05. The number of ketones is 1. The second-order valence-electron chi connectivity index (χ2n) is 6.19. The molecule has 0 saturated carbocycles. The second kappa shape index (κ2) is 8.98. The van der Waals surface area contributed by atoms with E-state index in [2.05, 4.69) is 0 Å². The molecule has 1 aliphatic carbocycles. The van der Waals surface area contributed by atoms with Crippen LogP contribution < -0.4 is 0 Å². The summed E-state index contributed by atoms with van der Waals surface area (Å²) in [6.07, 6.45) is 1.82. The summed E-state index contributed by atoms with van der Waals surface area (Å²) in [4.78, 5) is 25.3. The molecule has 9 heteroatoms. The van der Waals surface area contributed by atoms with Crippen LogP contribution in [0.15, 0.2) is 33.4 Å². The van der Waals surface area contributed by atoms with Gasteiger partial charge in [0.2, 0.25) is 0 Å². The van der Waals surface area contributed by atoms with Gasteiger partial charge in [0.15, 0.2) is 15.6 Å². The van der Waals surface area contributed by atoms with E-state index in [-0.39, 0.29) is 28.8 Å². The Morgan fingerprint density at radius 1 is 1.25 bits per heavy atom. The van der Waals surface area contributed by atoms with Gasteiger partial charge in [-0.2, -0.15) is 0 Å². The highest BCUT2D eigenvalue weighted by Gasteiger charge is 2.30. The van der Waals surface area contributed by atoms with Crippen molar-refractivity contribution in [3.8, 4) is 0 Å². The number of hydrogen-bond acceptors (Lipinski definition) is 7. The Labute approximate surface area is 177 Å². The molecule has 0 saturated heterocycles. The molecule has 5 nitrogen and oxygen atoms in total. The molecule has 0 radical (unpaired) electrons. The van der Waals surface area contributed by atoms with E-state index < -0.39 is 15.8 Å². The number of thiophene rings is 1. The summed E-state index contributed by atoms with van der Waals surface area (Å²) in [5, 5.41) is 0.476. The van der Waals surface area contributed by atoms with Gasteiger partial charge >= 0.3 is 5.97 Å². The predicted octanol–water partition coefficient (Wildman–Crippen LogP) is 4.66. The van der Waals surface area contributed by atoms with Crippen molar-refractivity contribution in [2.45, 2.75) is 35.3 Å². The highest BCUT2D eigenvalue weighted by atomic mass is 35.5. The second-order valence-corrected chi connectivity index (χ2v) is 11.1. The lowest BCUT2D eigenvalue weighted by molar-refractivity contribution is 0.0531. The fourth-order valence-electron chi connectivity index (χ4n) is 2.98. The quantitative estimate of drug-likeness (QED) is 0.443. The van der Waals surface area contributed by atoms with Gasteiger partial charge in [-0.15, -0.1) is 23.1 Å². The van der Waals surface area contributed by atoms with Crippen LogP contribution in [0.4, 0.5) is 0 Å². The Kier molecular flexibility index (Phi) is 6.85. The third-order valence-electron chi connectivity index (χ3n) is 4.30. The van der Waals surface area contributed by atoms with E-state index in [4.69, 9.17) is 16.3 Å². The molecule has 28 heavy (non-hydrogen) atoms. The first-order valence-corrected chi connectivity index (χ1v) is 12.6. The van der Waals surface area contributed by atoms with E-state index in [1.165, 1.54) is 35.2 Å². The fraction of sp³-hybridized carbons (Fsp3) is 0.368. The van der Waals surface area contributed by atoms with Crippen LogP contribution in [0.5, 0.6) is 0 Å². The van der Waals surface area contributed by atoms with E-state index in [0.717, 1.165) is 5.56 Å². The van der Waals surface area contributed by atoms with Crippen LogP contribution in [0, 0.1) is 0 Å². The van der Waals surface area contributed by atoms with Gasteiger partial charge in [-0.05, 0) is 49.6 Å². The number of ether oxygens (including phenoxy) is 1. The van der Waals surface area contributed by atoms with Gasteiger partial charge in [0.25, 0.3) is 0 Å². The summed E-state index contributed by atoms with van der Waals surface area (Å²) in [5.41, 5.74) is 1.33. The number of Topliss-reactive ketones (excluding diaryl/α,β-unsaturated/α-hetero) is 1. The predicted molar refractivity (Wildman–Crippen MR) is 112 cm³/mol. The van der Waals surface area contributed by atoms with Crippen LogP contribution in [0.25, 0.3) is 0 Å². The Hall–Kier alpha value is -1.35. The highest BCUT2D eigenvalue weighted by Crippen LogP contribution is 2.40. The Morgan fingerprint density at radius 3 is 2.64 bits per heavy atom. The zero-order chi connectivity index (χ0) is 20.3. The molecule has 0 atom stereocenters. The molecule has 3 rings (SSSR count). The number of benzene rings is 1. The molecule has 1 aromatic carbocycles. The molecule has 0 N–H and O–H groups in total. The van der Waals surface area contributed by atoms with E-state index in [1.54, 1.807) is 19.1 Å². The molecule has 0 aliphatic heterocycles. The van der Waals surface area contributed by atoms with Crippen molar-refractivity contribution in [1.29, 1.82) is 0 Å². The molecule has 1 aliphatic rings. The SMILES string of the molecule is CCOC(=O)c1sc(SCCS(=O)(=O)c2ccc(Cl)cc2)c2c1CCCC2=O. The first-order chi connectivity index (χ1) is 13.3. The zero-order valence-corrected chi connectivity index (χ0v) is 18.4. The topological polar surface area (TPSA) is 77.5 Å². The van der Waals surface area contributed by atoms with Crippen LogP contribution in [0.1, 0.15) is 45.4 Å². The van der Waals surface area contributed by atoms with E-state index in [9.17, 15) is 18.0 Å². The minimum Gasteiger partial charge on any atom is -0.462 e. The molecule has 2 aromatic rings. The lowest BCUT2D eigenvalue weighted by atomic mass is 9.93. The molecule has 1 aromatic heterocycles. The van der Waals surface area contributed by atoms with E-state index in [0.29, 0.717) is 38.9 Å². The van der Waals surface area contributed by atoms with Crippen LogP contribution >= 0.6 is 34.7 Å². The van der Waals surface area contributed by atoms with Crippen LogP contribution in [-0.4, -0.2) is 38.3 Å². The van der Waals surface area contributed by atoms with Gasteiger partial charge in [0.05, 0.1) is 21.5 Å². The summed E-state index contributed by atoms with van der Waals surface area (Å²) >= 11 is 8.35. The minimum absolute atomic E-state index is 0.0103. The standard InChI is InChI=1S/C19H19ClO5S3/c1-2-25-18(22)17-14-4-3-5-15(21)16(14)19(27-17)26-10-11-28(23,24)13-8-6-12(20)7-9-13/h6-9H,2-5,10-11H2,1H3. The molecule has 0 unspecified atom stereocenters. The Morgan fingerprint density at radius 2 is 1.96 bits per heavy atom. The van der Waals surface area contributed by atoms with E-state index in [1.807, 2.05) is 0 Å². The maximum Gasteiger partial charge on any atom is 0.348 e. The number of thioether (sulfide) groups is 1. The first kappa shape index (κ1) is 21.4. The third kappa shape index (κ3) is 4.62. The van der Waals surface area contributed by atoms with Gasteiger partial charge in [0, 0.05) is 22.8 Å². The Bertz CT molecular complexity index is 993. The van der Waals surface area contributed by atoms with Crippen molar-refractivity contribution in [2.24, 2.45) is 0 Å². The van der Waals surface area contributed by atoms with Crippen molar-refractivity contribution in [1.82, 2.24) is 0 Å². The molecular formula is C19H19ClO5S3. The number of fused-ring (bicyclic) bond motifs is 1. The maximum atomic E-state index is 12.5. The van der Waals surface area contributed by atoms with Crippen molar-refractivity contribution in [2.75, 3.05) is 18.1 Å². The zero-order valence-electron chi connectivity index (χ0n) is 15.2. The van der Waals surface area contributed by atoms with Crippen LogP contribution in [0.2, 0.25) is 5.02 Å². The number of sulfone groups is 1. The number of rotatable bonds is 7. The minimum atomic E-state index is -3.45. The highest BCUT2D eigenvalue weighted by molar-refractivity contribution is 8.02. The number of carbonyl (C=O) groups is 2. The third-order valence-corrected chi connectivity index (χ3v) is 9.03. The molecule has 0 spiro atoms. The number of hydrogen-bond donors (Lipinski definition) is 0. The smallest absolute Gasteiger partial charge is 0.348 e. The molecule has 150 valence electrons. The molecule has 1 heterocycles. The van der Waals surface area contributed by atoms with Crippen LogP contribution in [-0.2, 0) is 21.0 Å². The first-order valence-electron chi connectivity index (χ1n) is 8.80. The van der Waals surface area contributed by atoms with Gasteiger partial charge in [-0.1, -0.05) is 11.6 Å². The number of halogens is 1. The van der Waals surface area contributed by atoms with Gasteiger partial charge < -0.3 is 4.74 Å². The largest absolute Gasteiger partial charge is 0.462 e. The van der Waals surface area contributed by atoms with Crippen molar-refractivity contribution in [3.05, 3.63) is 45.3 Å². The summed E-state index contributed by atoms with van der Waals surface area (Å²) in [6.45, 7) is 2.00. The Balaban J connectivity index is 1.78. The van der Waals surface area contributed by atoms with Crippen molar-refractivity contribution < 1.29 is 22.7 Å². The lowest BCUT2D eigenvalue weighted by Crippen LogP contribution is -2.13. The van der Waals surface area contributed by atoms with Crippen molar-refractivity contribution >= 4 is 56.3 Å². The summed E-state index contributed by atoms with van der Waals surface area (Å²) in [7, 11) is -3.45. The fourth-order valence-corrected chi connectivity index (χ4v) is 7.40. The average molecular weight is 459 g/mol. The summed E-state index contributed by atoms with van der Waals surface area (Å²) < 4.78 is 30.8. The molecule has 0 fully saturated rings. The van der Waals surface area contributed by atoms with Gasteiger partial charge in [0.1, 0.15) is 4.88 Å². The van der Waals surface area contributed by atoms with Gasteiger partial charge in [-0.25, -0.2) is 13.2 Å². The van der Waals surface area contributed by atoms with E-state index >= 15 is 0 Å². The normalized spacial score (nSPS) is 14.0. The molecule has 0 bridgehead atoms.